The van der Waals surface area contributed by atoms with Gasteiger partial charge < -0.3 is 0 Å². The lowest BCUT2D eigenvalue weighted by molar-refractivity contribution is -0.140. The Labute approximate surface area is 181 Å². The highest BCUT2D eigenvalue weighted by Gasteiger charge is 2.42. The second kappa shape index (κ2) is 9.07. The van der Waals surface area contributed by atoms with Gasteiger partial charge >= 0.3 is 6.18 Å². The Hall–Kier alpha value is -1.65. The van der Waals surface area contributed by atoms with Crippen LogP contribution >= 0.6 is 0 Å². The highest BCUT2D eigenvalue weighted by Crippen LogP contribution is 2.51. The van der Waals surface area contributed by atoms with Gasteiger partial charge in [0, 0.05) is 0 Å². The molecule has 2 aliphatic carbocycles. The van der Waals surface area contributed by atoms with Crippen LogP contribution in [-0.2, 0) is 6.18 Å². The fourth-order valence-corrected chi connectivity index (χ4v) is 6.21. The summed E-state index contributed by atoms with van der Waals surface area (Å²) in [5.41, 5.74) is -1.24. The normalized spacial score (nSPS) is 26.8. The van der Waals surface area contributed by atoms with E-state index in [-0.39, 0.29) is 16.9 Å². The molecular weight excluding hydrogens is 407 g/mol. The van der Waals surface area contributed by atoms with E-state index in [1.807, 2.05) is 0 Å². The topological polar surface area (TPSA) is 0 Å². The molecule has 0 nitrogen and oxygen atoms in total. The van der Waals surface area contributed by atoms with Crippen molar-refractivity contribution in [3.05, 3.63) is 47.0 Å². The van der Waals surface area contributed by atoms with Crippen molar-refractivity contribution in [2.24, 2.45) is 17.8 Å². The molecule has 0 heterocycles. The monoisotopic (exact) mass is 438 g/mol. The highest BCUT2D eigenvalue weighted by atomic mass is 19.4. The molecule has 2 aromatic rings. The van der Waals surface area contributed by atoms with Gasteiger partial charge in [0.25, 0.3) is 0 Å². The first-order valence-corrected chi connectivity index (χ1v) is 11.8. The smallest absolute Gasteiger partial charge is 0.206 e. The van der Waals surface area contributed by atoms with E-state index in [9.17, 15) is 17.6 Å². The summed E-state index contributed by atoms with van der Waals surface area (Å²) in [6, 6.07) is 5.32. The minimum atomic E-state index is -4.84. The van der Waals surface area contributed by atoms with Crippen molar-refractivity contribution in [2.75, 3.05) is 0 Å². The molecular formula is C26H31F5. The molecule has 0 aliphatic heterocycles. The van der Waals surface area contributed by atoms with Gasteiger partial charge in [0.15, 0.2) is 0 Å². The molecule has 4 atom stereocenters. The average Bonchev–Trinajstić information content (AvgIpc) is 2.72. The molecule has 2 aliphatic rings. The maximum atomic E-state index is 15.0. The summed E-state index contributed by atoms with van der Waals surface area (Å²) >= 11 is 0. The van der Waals surface area contributed by atoms with Crippen LogP contribution in [0.25, 0.3) is 10.8 Å². The summed E-state index contributed by atoms with van der Waals surface area (Å²) in [6.45, 7) is 2.21. The Morgan fingerprint density at radius 2 is 1.68 bits per heavy atom. The first kappa shape index (κ1) is 22.5. The summed E-state index contributed by atoms with van der Waals surface area (Å²) in [4.78, 5) is 0. The molecule has 0 N–H and O–H groups in total. The van der Waals surface area contributed by atoms with Crippen LogP contribution in [0, 0.1) is 29.4 Å². The average molecular weight is 439 g/mol. The SMILES string of the molecule is CCCCC[C@@H]1CC[C@@H]2CC(c3cc4cccc(F)c4c(F)c3C(F)(F)F)CCC2C1. The molecule has 2 unspecified atom stereocenters. The van der Waals surface area contributed by atoms with E-state index >= 15 is 4.39 Å². The zero-order valence-electron chi connectivity index (χ0n) is 18.1. The Bertz CT molecular complexity index is 916. The van der Waals surface area contributed by atoms with Gasteiger partial charge in [-0.05, 0) is 78.9 Å². The zero-order chi connectivity index (χ0) is 22.2. The first-order chi connectivity index (χ1) is 14.8. The summed E-state index contributed by atoms with van der Waals surface area (Å²) in [5, 5.41) is -0.345. The molecule has 2 saturated carbocycles. The Balaban J connectivity index is 1.59. The molecule has 0 radical (unpaired) electrons. The van der Waals surface area contributed by atoms with Crippen LogP contribution in [0.3, 0.4) is 0 Å². The summed E-state index contributed by atoms with van der Waals surface area (Å²) in [6.07, 6.45) is 5.79. The van der Waals surface area contributed by atoms with Crippen molar-refractivity contribution < 1.29 is 22.0 Å². The Morgan fingerprint density at radius 3 is 2.42 bits per heavy atom. The zero-order valence-corrected chi connectivity index (χ0v) is 18.1. The third-order valence-electron chi connectivity index (χ3n) is 7.75. The van der Waals surface area contributed by atoms with Crippen LogP contribution in [0.5, 0.6) is 0 Å². The van der Waals surface area contributed by atoms with E-state index in [4.69, 9.17) is 0 Å². The van der Waals surface area contributed by atoms with Gasteiger partial charge in [-0.2, -0.15) is 13.2 Å². The molecule has 0 bridgehead atoms. The number of unbranched alkanes of at least 4 members (excludes halogenated alkanes) is 2. The Kier molecular flexibility index (Phi) is 6.60. The molecule has 0 aromatic heterocycles. The van der Waals surface area contributed by atoms with Crippen molar-refractivity contribution in [1.29, 1.82) is 0 Å². The lowest BCUT2D eigenvalue weighted by Gasteiger charge is -2.43. The molecule has 0 saturated heterocycles. The van der Waals surface area contributed by atoms with E-state index in [1.165, 1.54) is 50.3 Å². The minimum Gasteiger partial charge on any atom is -0.206 e. The number of hydrogen-bond donors (Lipinski definition) is 0. The predicted molar refractivity (Wildman–Crippen MR) is 114 cm³/mol. The number of rotatable bonds is 5. The first-order valence-electron chi connectivity index (χ1n) is 11.8. The third-order valence-corrected chi connectivity index (χ3v) is 7.75. The molecule has 4 rings (SSSR count). The van der Waals surface area contributed by atoms with Crippen molar-refractivity contribution >= 4 is 10.8 Å². The minimum absolute atomic E-state index is 0.0200. The second-order valence-corrected chi connectivity index (χ2v) is 9.70. The van der Waals surface area contributed by atoms with Gasteiger partial charge in [-0.3, -0.25) is 0 Å². The van der Waals surface area contributed by atoms with Gasteiger partial charge in [-0.25, -0.2) is 8.78 Å². The second-order valence-electron chi connectivity index (χ2n) is 9.70. The maximum Gasteiger partial charge on any atom is 0.419 e. The number of hydrogen-bond acceptors (Lipinski definition) is 0. The van der Waals surface area contributed by atoms with Crippen LogP contribution in [0.15, 0.2) is 24.3 Å². The maximum absolute atomic E-state index is 15.0. The van der Waals surface area contributed by atoms with E-state index < -0.39 is 28.8 Å². The van der Waals surface area contributed by atoms with Crippen LogP contribution in [0.2, 0.25) is 0 Å². The third kappa shape index (κ3) is 4.61. The fourth-order valence-electron chi connectivity index (χ4n) is 6.21. The fraction of sp³-hybridized carbons (Fsp3) is 0.615. The van der Waals surface area contributed by atoms with Gasteiger partial charge in [-0.1, -0.05) is 51.2 Å². The summed E-state index contributed by atoms with van der Waals surface area (Å²) in [5.74, 6) is -0.993. The lowest BCUT2D eigenvalue weighted by Crippen LogP contribution is -2.31. The van der Waals surface area contributed by atoms with E-state index in [1.54, 1.807) is 0 Å². The van der Waals surface area contributed by atoms with Gasteiger partial charge in [0.1, 0.15) is 11.6 Å². The predicted octanol–water partition coefficient (Wildman–Crippen LogP) is 9.02. The Morgan fingerprint density at radius 1 is 0.935 bits per heavy atom. The number of alkyl halides is 3. The van der Waals surface area contributed by atoms with Crippen molar-refractivity contribution in [2.45, 2.75) is 83.2 Å². The summed E-state index contributed by atoms with van der Waals surface area (Å²) < 4.78 is 70.8. The van der Waals surface area contributed by atoms with Crippen LogP contribution < -0.4 is 0 Å². The standard InChI is InChI=1S/C26H31F5/c1-2-3-4-6-16-9-10-18-14-19(12-11-17(18)13-16)21-15-20-7-5-8-22(27)23(20)25(28)24(21)26(29,30)31/h5,7-8,15-19H,2-4,6,9-14H2,1H3/t16-,17?,18-,19?/m1/s1. The van der Waals surface area contributed by atoms with Gasteiger partial charge in [0.05, 0.1) is 10.9 Å². The lowest BCUT2D eigenvalue weighted by atomic mass is 9.63. The molecule has 31 heavy (non-hydrogen) atoms. The van der Waals surface area contributed by atoms with Gasteiger partial charge in [0.2, 0.25) is 0 Å². The highest BCUT2D eigenvalue weighted by molar-refractivity contribution is 5.86. The van der Waals surface area contributed by atoms with Crippen LogP contribution in [0.1, 0.15) is 88.2 Å². The van der Waals surface area contributed by atoms with Crippen LogP contribution in [-0.4, -0.2) is 0 Å². The number of benzene rings is 2. The molecule has 0 spiro atoms. The van der Waals surface area contributed by atoms with Crippen molar-refractivity contribution in [3.8, 4) is 0 Å². The molecule has 2 aromatic carbocycles. The van der Waals surface area contributed by atoms with E-state index in [2.05, 4.69) is 6.92 Å². The summed E-state index contributed by atoms with van der Waals surface area (Å²) in [7, 11) is 0. The quantitative estimate of drug-likeness (QED) is 0.323. The van der Waals surface area contributed by atoms with Crippen molar-refractivity contribution in [1.82, 2.24) is 0 Å². The number of halogens is 5. The van der Waals surface area contributed by atoms with Crippen molar-refractivity contribution in [3.63, 3.8) is 0 Å². The molecule has 0 amide bonds. The van der Waals surface area contributed by atoms with Gasteiger partial charge in [-0.15, -0.1) is 0 Å². The largest absolute Gasteiger partial charge is 0.419 e. The molecule has 170 valence electrons. The van der Waals surface area contributed by atoms with E-state index in [0.717, 1.165) is 31.2 Å². The number of fused-ring (bicyclic) bond motifs is 2. The van der Waals surface area contributed by atoms with E-state index in [0.29, 0.717) is 24.7 Å². The van der Waals surface area contributed by atoms with Crippen LogP contribution in [0.4, 0.5) is 22.0 Å². The molecule has 5 heteroatoms. The molecule has 2 fully saturated rings.